The molecule has 0 fully saturated rings. The Hall–Kier alpha value is -1.96. The predicted octanol–water partition coefficient (Wildman–Crippen LogP) is 5.69. The zero-order valence-corrected chi connectivity index (χ0v) is 14.6. The maximum atomic E-state index is 5.10. The van der Waals surface area contributed by atoms with Crippen molar-refractivity contribution in [2.75, 3.05) is 0 Å². The third-order valence-electron chi connectivity index (χ3n) is 5.09. The molecule has 0 radical (unpaired) electrons. The van der Waals surface area contributed by atoms with E-state index in [4.69, 9.17) is 9.98 Å². The summed E-state index contributed by atoms with van der Waals surface area (Å²) in [5.41, 5.74) is 5.96. The molecule has 2 nitrogen and oxygen atoms in total. The lowest BCUT2D eigenvalue weighted by molar-refractivity contribution is 0.345. The van der Waals surface area contributed by atoms with Crippen molar-refractivity contribution in [2.45, 2.75) is 52.5 Å². The number of fused-ring (bicyclic) bond motifs is 1. The van der Waals surface area contributed by atoms with E-state index in [2.05, 4.69) is 39.8 Å². The number of hydrogen-bond donors (Lipinski definition) is 0. The van der Waals surface area contributed by atoms with E-state index >= 15 is 0 Å². The van der Waals surface area contributed by atoms with Crippen molar-refractivity contribution in [1.82, 2.24) is 0 Å². The van der Waals surface area contributed by atoms with Crippen LogP contribution in [0.1, 0.15) is 47.0 Å². The van der Waals surface area contributed by atoms with E-state index in [1.165, 1.54) is 16.9 Å². The van der Waals surface area contributed by atoms with E-state index in [-0.39, 0.29) is 5.54 Å². The van der Waals surface area contributed by atoms with Crippen LogP contribution in [-0.2, 0) is 0 Å². The first kappa shape index (κ1) is 15.9. The Morgan fingerprint density at radius 2 is 1.91 bits per heavy atom. The molecule has 0 saturated heterocycles. The quantitative estimate of drug-likeness (QED) is 0.641. The van der Waals surface area contributed by atoms with Crippen molar-refractivity contribution in [3.05, 3.63) is 53.6 Å². The minimum Gasteiger partial charge on any atom is -0.278 e. The van der Waals surface area contributed by atoms with Crippen LogP contribution in [0.3, 0.4) is 0 Å². The Balaban J connectivity index is 2.04. The van der Waals surface area contributed by atoms with Crippen LogP contribution in [0.5, 0.6) is 0 Å². The van der Waals surface area contributed by atoms with Crippen LogP contribution < -0.4 is 0 Å². The smallest absolute Gasteiger partial charge is 0.0646 e. The number of aliphatic imine (C=N–C) groups is 2. The van der Waals surface area contributed by atoms with E-state index in [1.54, 1.807) is 0 Å². The van der Waals surface area contributed by atoms with Gasteiger partial charge >= 0.3 is 0 Å². The van der Waals surface area contributed by atoms with Gasteiger partial charge in [-0.15, -0.1) is 0 Å². The van der Waals surface area contributed by atoms with E-state index in [9.17, 15) is 0 Å². The maximum absolute atomic E-state index is 5.10. The first-order valence-electron chi connectivity index (χ1n) is 8.69. The molecule has 3 rings (SSSR count). The molecule has 120 valence electrons. The van der Waals surface area contributed by atoms with Crippen molar-refractivity contribution in [1.29, 1.82) is 0 Å². The topological polar surface area (TPSA) is 24.7 Å². The van der Waals surface area contributed by atoms with Crippen molar-refractivity contribution in [3.63, 3.8) is 0 Å². The van der Waals surface area contributed by atoms with E-state index in [1.807, 2.05) is 30.3 Å². The molecular formula is C21H26N2. The fraction of sp³-hybridized carbons (Fsp3) is 0.429. The largest absolute Gasteiger partial charge is 0.278 e. The highest BCUT2D eigenvalue weighted by Crippen LogP contribution is 2.39. The molecule has 2 aliphatic rings. The molecule has 1 aromatic carbocycles. The van der Waals surface area contributed by atoms with Crippen molar-refractivity contribution < 1.29 is 0 Å². The van der Waals surface area contributed by atoms with Crippen LogP contribution in [0.15, 0.2) is 63.6 Å². The van der Waals surface area contributed by atoms with Crippen molar-refractivity contribution in [3.8, 4) is 0 Å². The summed E-state index contributed by atoms with van der Waals surface area (Å²) in [4.78, 5) is 9.89. The molecule has 1 aliphatic carbocycles. The van der Waals surface area contributed by atoms with Crippen LogP contribution in [0.4, 0.5) is 5.69 Å². The molecule has 1 heterocycles. The lowest BCUT2D eigenvalue weighted by Gasteiger charge is -2.38. The minimum atomic E-state index is 0.0799. The van der Waals surface area contributed by atoms with Crippen LogP contribution in [0, 0.1) is 5.92 Å². The molecule has 1 aliphatic heterocycles. The van der Waals surface area contributed by atoms with E-state index in [0.717, 1.165) is 30.7 Å². The first-order valence-corrected chi connectivity index (χ1v) is 8.69. The van der Waals surface area contributed by atoms with Crippen molar-refractivity contribution >= 4 is 17.1 Å². The molecule has 2 unspecified atom stereocenters. The highest BCUT2D eigenvalue weighted by Gasteiger charge is 2.35. The van der Waals surface area contributed by atoms with Gasteiger partial charge in [0, 0.05) is 0 Å². The van der Waals surface area contributed by atoms with Gasteiger partial charge in [-0.25, -0.2) is 4.99 Å². The number of nitrogens with zero attached hydrogens (tertiary/aromatic N) is 2. The lowest BCUT2D eigenvalue weighted by Crippen LogP contribution is -2.36. The summed E-state index contributed by atoms with van der Waals surface area (Å²) in [5.74, 6) is 0.581. The minimum absolute atomic E-state index is 0.0799. The number of rotatable bonds is 3. The Kier molecular flexibility index (Phi) is 4.34. The number of para-hydroxylation sites is 1. The Morgan fingerprint density at radius 3 is 2.57 bits per heavy atom. The summed E-state index contributed by atoms with van der Waals surface area (Å²) in [6.45, 7) is 8.99. The third kappa shape index (κ3) is 3.21. The summed E-state index contributed by atoms with van der Waals surface area (Å²) >= 11 is 0. The molecular weight excluding hydrogens is 280 g/mol. The Labute approximate surface area is 139 Å². The Bertz CT molecular complexity index is 707. The molecule has 0 saturated carbocycles. The second-order valence-electron chi connectivity index (χ2n) is 6.92. The van der Waals surface area contributed by atoms with Gasteiger partial charge in [0.05, 0.1) is 22.6 Å². The van der Waals surface area contributed by atoms with Gasteiger partial charge in [0.1, 0.15) is 0 Å². The van der Waals surface area contributed by atoms with Gasteiger partial charge in [-0.05, 0) is 74.5 Å². The molecule has 0 amide bonds. The zero-order valence-electron chi connectivity index (χ0n) is 14.6. The van der Waals surface area contributed by atoms with Gasteiger partial charge in [0.15, 0.2) is 0 Å². The third-order valence-corrected chi connectivity index (χ3v) is 5.09. The summed E-state index contributed by atoms with van der Waals surface area (Å²) in [6, 6.07) is 10.2. The fourth-order valence-corrected chi connectivity index (χ4v) is 3.51. The number of allylic oxidation sites excluding steroid dienone is 4. The van der Waals surface area contributed by atoms with Crippen LogP contribution in [-0.4, -0.2) is 17.0 Å². The van der Waals surface area contributed by atoms with E-state index in [0.29, 0.717) is 5.92 Å². The van der Waals surface area contributed by atoms with Crippen molar-refractivity contribution in [2.24, 2.45) is 15.9 Å². The summed E-state index contributed by atoms with van der Waals surface area (Å²) < 4.78 is 0. The van der Waals surface area contributed by atoms with Gasteiger partial charge in [-0.3, -0.25) is 4.99 Å². The maximum Gasteiger partial charge on any atom is 0.0646 e. The molecule has 23 heavy (non-hydrogen) atoms. The Morgan fingerprint density at radius 1 is 1.17 bits per heavy atom. The normalized spacial score (nSPS) is 28.8. The van der Waals surface area contributed by atoms with Gasteiger partial charge in [0.25, 0.3) is 0 Å². The van der Waals surface area contributed by atoms with Gasteiger partial charge in [0.2, 0.25) is 0 Å². The average Bonchev–Trinajstić information content (AvgIpc) is 2.56. The summed E-state index contributed by atoms with van der Waals surface area (Å²) in [6.07, 6.45) is 7.82. The summed E-state index contributed by atoms with van der Waals surface area (Å²) in [5, 5.41) is 0. The molecule has 0 aromatic heterocycles. The van der Waals surface area contributed by atoms with Crippen LogP contribution >= 0.6 is 0 Å². The second-order valence-corrected chi connectivity index (χ2v) is 6.92. The zero-order chi connectivity index (χ0) is 16.4. The lowest BCUT2D eigenvalue weighted by atomic mass is 9.74. The molecule has 0 bridgehead atoms. The van der Waals surface area contributed by atoms with Gasteiger partial charge in [-0.2, -0.15) is 0 Å². The highest BCUT2D eigenvalue weighted by atomic mass is 14.9. The molecule has 0 N–H and O–H groups in total. The highest BCUT2D eigenvalue weighted by molar-refractivity contribution is 6.24. The predicted molar refractivity (Wildman–Crippen MR) is 99.9 cm³/mol. The fourth-order valence-electron chi connectivity index (χ4n) is 3.51. The van der Waals surface area contributed by atoms with Crippen LogP contribution in [0.25, 0.3) is 0 Å². The van der Waals surface area contributed by atoms with Gasteiger partial charge in [-0.1, -0.05) is 32.0 Å². The molecule has 0 spiro atoms. The second kappa shape index (κ2) is 6.27. The van der Waals surface area contributed by atoms with E-state index < -0.39 is 0 Å². The average molecular weight is 306 g/mol. The summed E-state index contributed by atoms with van der Waals surface area (Å²) in [7, 11) is 0. The molecule has 2 atom stereocenters. The first-order chi connectivity index (χ1) is 11.0. The van der Waals surface area contributed by atoms with Gasteiger partial charge < -0.3 is 0 Å². The van der Waals surface area contributed by atoms with Crippen LogP contribution in [0.2, 0.25) is 0 Å². The molecule has 1 aromatic rings. The number of benzene rings is 1. The SMILES string of the molecule is CCC1CC(C)(CC)N=C2C(C)=CC(=Nc3ccccc3)C=C21. The molecule has 2 heteroatoms. The standard InChI is InChI=1S/C21H26N2/c1-5-16-14-21(4,6-2)23-20-15(3)12-18(13-19(16)20)22-17-10-8-7-9-11-17/h7-13,16H,5-6,14H2,1-4H3. The monoisotopic (exact) mass is 306 g/mol. The number of hydrogen-bond acceptors (Lipinski definition) is 2.